The van der Waals surface area contributed by atoms with E-state index in [4.69, 9.17) is 0 Å². The van der Waals surface area contributed by atoms with E-state index in [1.54, 1.807) is 6.92 Å². The van der Waals surface area contributed by atoms with Gasteiger partial charge in [0.05, 0.1) is 11.1 Å². The summed E-state index contributed by atoms with van der Waals surface area (Å²) in [6, 6.07) is 10.6. The second-order valence-electron chi connectivity index (χ2n) is 5.42. The first-order valence-electron chi connectivity index (χ1n) is 7.51. The van der Waals surface area contributed by atoms with E-state index in [2.05, 4.69) is 15.8 Å². The van der Waals surface area contributed by atoms with E-state index in [9.17, 15) is 20.0 Å². The quantitative estimate of drug-likeness (QED) is 0.424. The number of hydrogen-bond acceptors (Lipinski definition) is 6. The number of nitrogens with one attached hydrogen (secondary N) is 2. The molecule has 0 heterocycles. The zero-order valence-corrected chi connectivity index (χ0v) is 13.8. The minimum atomic E-state index is -0.580. The first kappa shape index (κ1) is 17.9. The molecule has 2 aromatic carbocycles. The van der Waals surface area contributed by atoms with Crippen LogP contribution in [0.3, 0.4) is 0 Å². The van der Waals surface area contributed by atoms with Crippen molar-refractivity contribution in [3.63, 3.8) is 0 Å². The Morgan fingerprint density at radius 3 is 2.72 bits per heavy atom. The highest BCUT2D eigenvalue weighted by atomic mass is 16.6. The smallest absolute Gasteiger partial charge is 0.270 e. The Bertz CT molecular complexity index is 820. The fourth-order valence-corrected chi connectivity index (χ4v) is 2.05. The van der Waals surface area contributed by atoms with Gasteiger partial charge in [0.15, 0.2) is 0 Å². The molecule has 0 radical (unpaired) electrons. The highest BCUT2D eigenvalue weighted by Gasteiger charge is 2.13. The molecule has 1 unspecified atom stereocenters. The molecular weight excluding hydrogens is 324 g/mol. The van der Waals surface area contributed by atoms with Crippen molar-refractivity contribution < 1.29 is 14.8 Å². The lowest BCUT2D eigenvalue weighted by Gasteiger charge is -2.15. The second kappa shape index (κ2) is 7.91. The van der Waals surface area contributed by atoms with Gasteiger partial charge in [-0.25, -0.2) is 5.43 Å². The predicted octanol–water partition coefficient (Wildman–Crippen LogP) is 2.56. The largest absolute Gasteiger partial charge is 0.507 e. The van der Waals surface area contributed by atoms with Crippen LogP contribution in [0.15, 0.2) is 47.6 Å². The van der Waals surface area contributed by atoms with Crippen LogP contribution in [0.25, 0.3) is 0 Å². The topological polar surface area (TPSA) is 117 Å². The van der Waals surface area contributed by atoms with Crippen LogP contribution < -0.4 is 10.7 Å². The van der Waals surface area contributed by atoms with E-state index in [-0.39, 0.29) is 22.9 Å². The Morgan fingerprint density at radius 2 is 2.04 bits per heavy atom. The summed E-state index contributed by atoms with van der Waals surface area (Å²) >= 11 is 0. The maximum atomic E-state index is 12.1. The van der Waals surface area contributed by atoms with Gasteiger partial charge in [0.2, 0.25) is 0 Å². The number of hydrogen-bond donors (Lipinski definition) is 3. The van der Waals surface area contributed by atoms with E-state index < -0.39 is 11.0 Å². The van der Waals surface area contributed by atoms with Gasteiger partial charge in [0, 0.05) is 23.4 Å². The van der Waals surface area contributed by atoms with Crippen molar-refractivity contribution in [3.8, 4) is 5.75 Å². The summed E-state index contributed by atoms with van der Waals surface area (Å²) in [6.45, 7) is 3.61. The molecule has 2 rings (SSSR count). The highest BCUT2D eigenvalue weighted by molar-refractivity contribution is 5.88. The molecule has 1 atom stereocenters. The number of carbonyl (C=O) groups excluding carboxylic acids is 1. The number of nitro groups is 1. The van der Waals surface area contributed by atoms with Gasteiger partial charge in [-0.3, -0.25) is 14.9 Å². The molecule has 0 fully saturated rings. The number of aryl methyl sites for hydroxylation is 1. The summed E-state index contributed by atoms with van der Waals surface area (Å²) in [5, 5.41) is 27.2. The highest BCUT2D eigenvalue weighted by Crippen LogP contribution is 2.21. The minimum Gasteiger partial charge on any atom is -0.507 e. The molecule has 0 aliphatic heterocycles. The average molecular weight is 342 g/mol. The number of hydrazone groups is 1. The molecule has 0 aliphatic carbocycles. The van der Waals surface area contributed by atoms with Gasteiger partial charge in [0.1, 0.15) is 11.8 Å². The SMILES string of the molecule is Cc1ccccc1NC(C)C(=O)NN=Cc1cc([N+](=O)[O-])ccc1O. The number of rotatable bonds is 6. The van der Waals surface area contributed by atoms with Gasteiger partial charge in [-0.05, 0) is 31.5 Å². The van der Waals surface area contributed by atoms with Gasteiger partial charge < -0.3 is 10.4 Å². The molecule has 8 nitrogen and oxygen atoms in total. The number of phenolic OH excluding ortho intramolecular Hbond substituents is 1. The molecule has 2 aromatic rings. The van der Waals surface area contributed by atoms with Crippen LogP contribution in [0.2, 0.25) is 0 Å². The molecule has 0 spiro atoms. The normalized spacial score (nSPS) is 11.9. The van der Waals surface area contributed by atoms with Crippen molar-refractivity contribution in [2.45, 2.75) is 19.9 Å². The number of amides is 1. The zero-order chi connectivity index (χ0) is 18.4. The van der Waals surface area contributed by atoms with Crippen molar-refractivity contribution in [3.05, 3.63) is 63.7 Å². The number of para-hydroxylation sites is 1. The van der Waals surface area contributed by atoms with E-state index >= 15 is 0 Å². The van der Waals surface area contributed by atoms with Gasteiger partial charge in [-0.2, -0.15) is 5.10 Å². The summed E-state index contributed by atoms with van der Waals surface area (Å²) in [4.78, 5) is 22.2. The number of nitro benzene ring substituents is 1. The van der Waals surface area contributed by atoms with Gasteiger partial charge >= 0.3 is 0 Å². The number of aromatic hydroxyl groups is 1. The fraction of sp³-hybridized carbons (Fsp3) is 0.176. The summed E-state index contributed by atoms with van der Waals surface area (Å²) in [7, 11) is 0. The third-order valence-corrected chi connectivity index (χ3v) is 3.51. The third-order valence-electron chi connectivity index (χ3n) is 3.51. The Morgan fingerprint density at radius 1 is 1.32 bits per heavy atom. The van der Waals surface area contributed by atoms with E-state index in [1.807, 2.05) is 31.2 Å². The van der Waals surface area contributed by atoms with Crippen LogP contribution >= 0.6 is 0 Å². The Labute approximate surface area is 144 Å². The molecule has 0 bridgehead atoms. The first-order chi connectivity index (χ1) is 11.9. The monoisotopic (exact) mass is 342 g/mol. The first-order valence-corrected chi connectivity index (χ1v) is 7.51. The second-order valence-corrected chi connectivity index (χ2v) is 5.42. The maximum absolute atomic E-state index is 12.1. The van der Waals surface area contributed by atoms with Crippen LogP contribution in [0, 0.1) is 17.0 Å². The Kier molecular flexibility index (Phi) is 5.67. The van der Waals surface area contributed by atoms with Crippen molar-refractivity contribution in [1.29, 1.82) is 0 Å². The summed E-state index contributed by atoms with van der Waals surface area (Å²) in [5.41, 5.74) is 4.13. The van der Waals surface area contributed by atoms with Crippen LogP contribution in [-0.4, -0.2) is 28.2 Å². The molecule has 1 amide bonds. The molecule has 0 saturated carbocycles. The third kappa shape index (κ3) is 4.77. The minimum absolute atomic E-state index is 0.133. The lowest BCUT2D eigenvalue weighted by molar-refractivity contribution is -0.384. The van der Waals surface area contributed by atoms with Crippen LogP contribution in [0.4, 0.5) is 11.4 Å². The summed E-state index contributed by atoms with van der Waals surface area (Å²) < 4.78 is 0. The number of benzene rings is 2. The number of non-ortho nitro benzene ring substituents is 1. The van der Waals surface area contributed by atoms with Gasteiger partial charge in [-0.15, -0.1) is 0 Å². The van der Waals surface area contributed by atoms with E-state index in [1.165, 1.54) is 18.2 Å². The lowest BCUT2D eigenvalue weighted by atomic mass is 10.2. The number of carbonyl (C=O) groups is 1. The molecular formula is C17H18N4O4. The van der Waals surface area contributed by atoms with Crippen molar-refractivity contribution in [2.75, 3.05) is 5.32 Å². The predicted molar refractivity (Wildman–Crippen MR) is 94.8 cm³/mol. The number of anilines is 1. The van der Waals surface area contributed by atoms with E-state index in [0.29, 0.717) is 0 Å². The van der Waals surface area contributed by atoms with Crippen LogP contribution in [0.1, 0.15) is 18.1 Å². The lowest BCUT2D eigenvalue weighted by Crippen LogP contribution is -2.35. The number of phenols is 1. The molecule has 8 heteroatoms. The average Bonchev–Trinajstić information content (AvgIpc) is 2.58. The molecule has 25 heavy (non-hydrogen) atoms. The molecule has 0 aliphatic rings. The van der Waals surface area contributed by atoms with Crippen molar-refractivity contribution in [2.24, 2.45) is 5.10 Å². The number of nitrogens with zero attached hydrogens (tertiary/aromatic N) is 2. The van der Waals surface area contributed by atoms with Crippen molar-refractivity contribution in [1.82, 2.24) is 5.43 Å². The van der Waals surface area contributed by atoms with Crippen LogP contribution in [-0.2, 0) is 4.79 Å². The Balaban J connectivity index is 1.99. The van der Waals surface area contributed by atoms with Gasteiger partial charge in [0.25, 0.3) is 11.6 Å². The molecule has 0 saturated heterocycles. The molecule has 0 aromatic heterocycles. The maximum Gasteiger partial charge on any atom is 0.270 e. The molecule has 130 valence electrons. The fourth-order valence-electron chi connectivity index (χ4n) is 2.05. The van der Waals surface area contributed by atoms with E-state index in [0.717, 1.165) is 17.5 Å². The zero-order valence-electron chi connectivity index (χ0n) is 13.8. The Hall–Kier alpha value is -3.42. The summed E-state index contributed by atoms with van der Waals surface area (Å²) in [5.74, 6) is -0.556. The van der Waals surface area contributed by atoms with Crippen molar-refractivity contribution >= 4 is 23.5 Å². The standard InChI is InChI=1S/C17H18N4O4/c1-11-5-3-4-6-15(11)19-12(2)17(23)20-18-10-13-9-14(21(24)25)7-8-16(13)22/h3-10,12,19,22H,1-2H3,(H,20,23). The van der Waals surface area contributed by atoms with Crippen LogP contribution in [0.5, 0.6) is 5.75 Å². The van der Waals surface area contributed by atoms with Gasteiger partial charge in [-0.1, -0.05) is 18.2 Å². The molecule has 3 N–H and O–H groups in total. The summed E-state index contributed by atoms with van der Waals surface area (Å²) in [6.07, 6.45) is 1.15.